The van der Waals surface area contributed by atoms with Gasteiger partial charge in [0.1, 0.15) is 0 Å². The molecule has 1 saturated heterocycles. The Balaban J connectivity index is 2.57. The van der Waals surface area contributed by atoms with E-state index < -0.39 is 6.10 Å². The van der Waals surface area contributed by atoms with Gasteiger partial charge >= 0.3 is 0 Å². The van der Waals surface area contributed by atoms with Gasteiger partial charge in [-0.15, -0.1) is 0 Å². The Labute approximate surface area is 91.0 Å². The third kappa shape index (κ3) is 2.71. The maximum Gasteiger partial charge on any atom is 0.299 e. The van der Waals surface area contributed by atoms with Gasteiger partial charge in [-0.25, -0.2) is 0 Å². The lowest BCUT2D eigenvalue weighted by Gasteiger charge is -2.34. The van der Waals surface area contributed by atoms with E-state index in [1.807, 2.05) is 0 Å². The highest BCUT2D eigenvalue weighted by Crippen LogP contribution is 2.16. The summed E-state index contributed by atoms with van der Waals surface area (Å²) in [5, 5.41) is 18.4. The first-order chi connectivity index (χ1) is 6.69. The van der Waals surface area contributed by atoms with Gasteiger partial charge in [-0.2, -0.15) is 0 Å². The lowest BCUT2D eigenvalue weighted by atomic mass is 9.95. The molecular weight excluding hydrogens is 250 g/mol. The van der Waals surface area contributed by atoms with Crippen LogP contribution in [0.2, 0.25) is 0 Å². The fourth-order valence-electron chi connectivity index (χ4n) is 1.50. The Morgan fingerprint density at radius 1 is 1.64 bits per heavy atom. The van der Waals surface area contributed by atoms with Gasteiger partial charge in [-0.05, 0) is 11.3 Å². The van der Waals surface area contributed by atoms with Crippen LogP contribution in [0.3, 0.4) is 0 Å². The number of likely N-dealkylation sites (tertiary alicyclic amines) is 1. The fourth-order valence-corrected chi connectivity index (χ4v) is 1.67. The van der Waals surface area contributed by atoms with Gasteiger partial charge < -0.3 is 15.1 Å². The van der Waals surface area contributed by atoms with Crippen molar-refractivity contribution in [3.05, 3.63) is 0 Å². The Bertz CT molecular complexity index is 271. The lowest BCUT2D eigenvalue weighted by molar-refractivity contribution is -0.129. The average Bonchev–Trinajstić information content (AvgIpc) is 2.19. The number of amides is 1. The van der Waals surface area contributed by atoms with Crippen molar-refractivity contribution in [2.45, 2.75) is 12.5 Å². The van der Waals surface area contributed by atoms with Crippen LogP contribution in [0.1, 0.15) is 6.42 Å². The van der Waals surface area contributed by atoms with Crippen molar-refractivity contribution in [2.75, 3.05) is 19.7 Å². The van der Waals surface area contributed by atoms with Gasteiger partial charge in [-0.3, -0.25) is 4.79 Å². The van der Waals surface area contributed by atoms with Crippen LogP contribution >= 0.6 is 15.9 Å². The topological polar surface area (TPSA) is 60.8 Å². The number of carbonyl (C=O) groups is 1. The van der Waals surface area contributed by atoms with Crippen LogP contribution in [-0.4, -0.2) is 46.8 Å². The lowest BCUT2D eigenvalue weighted by Crippen LogP contribution is -2.46. The number of rotatable bonds is 1. The maximum atomic E-state index is 11.3. The minimum absolute atomic E-state index is 0.104. The van der Waals surface area contributed by atoms with E-state index >= 15 is 0 Å². The second-order valence-corrected chi connectivity index (χ2v) is 3.67. The monoisotopic (exact) mass is 261 g/mol. The van der Waals surface area contributed by atoms with Crippen molar-refractivity contribution in [1.82, 2.24) is 4.90 Å². The van der Waals surface area contributed by atoms with Crippen LogP contribution in [0.5, 0.6) is 0 Å². The molecule has 2 N–H and O–H groups in total. The molecule has 78 valence electrons. The third-order valence-electron chi connectivity index (χ3n) is 2.37. The van der Waals surface area contributed by atoms with E-state index in [-0.39, 0.29) is 18.4 Å². The summed E-state index contributed by atoms with van der Waals surface area (Å²) in [5.74, 6) is 1.85. The number of hydrogen-bond acceptors (Lipinski definition) is 3. The van der Waals surface area contributed by atoms with Crippen molar-refractivity contribution < 1.29 is 15.0 Å². The van der Waals surface area contributed by atoms with E-state index in [9.17, 15) is 9.90 Å². The van der Waals surface area contributed by atoms with Crippen molar-refractivity contribution in [1.29, 1.82) is 0 Å². The van der Waals surface area contributed by atoms with Gasteiger partial charge in [0.05, 0.1) is 12.7 Å². The summed E-state index contributed by atoms with van der Waals surface area (Å²) >= 11 is 2.85. The number of aliphatic hydroxyl groups is 2. The van der Waals surface area contributed by atoms with Gasteiger partial charge in [0.2, 0.25) is 0 Å². The van der Waals surface area contributed by atoms with Gasteiger partial charge in [0.25, 0.3) is 5.91 Å². The first-order valence-corrected chi connectivity index (χ1v) is 5.17. The molecular formula is C9H12BrNO3. The minimum atomic E-state index is -0.513. The Hall–Kier alpha value is -0.570. The molecule has 1 heterocycles. The van der Waals surface area contributed by atoms with Crippen LogP contribution in [0, 0.1) is 16.7 Å². The summed E-state index contributed by atoms with van der Waals surface area (Å²) < 4.78 is 0. The molecule has 4 nitrogen and oxygen atoms in total. The number of nitrogens with zero attached hydrogens (tertiary/aromatic N) is 1. The Morgan fingerprint density at radius 2 is 2.36 bits per heavy atom. The molecule has 0 aromatic heterocycles. The maximum absolute atomic E-state index is 11.3. The van der Waals surface area contributed by atoms with E-state index in [0.29, 0.717) is 19.5 Å². The van der Waals surface area contributed by atoms with E-state index in [4.69, 9.17) is 5.11 Å². The molecule has 2 unspecified atom stereocenters. The number of carbonyl (C=O) groups excluding carboxylic acids is 1. The summed E-state index contributed by atoms with van der Waals surface area (Å²) in [6.45, 7) is 0.767. The van der Waals surface area contributed by atoms with Crippen LogP contribution in [-0.2, 0) is 4.79 Å². The molecule has 2 atom stereocenters. The molecule has 0 radical (unpaired) electrons. The summed E-state index contributed by atoms with van der Waals surface area (Å²) in [7, 11) is 0. The Kier molecular flexibility index (Phi) is 4.39. The normalized spacial score (nSPS) is 26.6. The number of aliphatic hydroxyl groups excluding tert-OH is 2. The highest BCUT2D eigenvalue weighted by atomic mass is 79.9. The van der Waals surface area contributed by atoms with Gasteiger partial charge in [0, 0.05) is 40.9 Å². The number of halogens is 1. The molecule has 0 aliphatic carbocycles. The quantitative estimate of drug-likeness (QED) is 0.629. The van der Waals surface area contributed by atoms with E-state index in [0.717, 1.165) is 0 Å². The van der Waals surface area contributed by atoms with Crippen LogP contribution < -0.4 is 0 Å². The highest BCUT2D eigenvalue weighted by molar-refractivity contribution is 9.12. The molecule has 0 spiro atoms. The largest absolute Gasteiger partial charge is 0.396 e. The van der Waals surface area contributed by atoms with Gasteiger partial charge in [0.15, 0.2) is 0 Å². The molecule has 5 heteroatoms. The standard InChI is InChI=1S/C9H12BrNO3/c10-3-1-9(14)11-4-2-8(13)7(5-11)6-12/h7-8,12-13H,2,4-6H2. The summed E-state index contributed by atoms with van der Waals surface area (Å²) in [6, 6.07) is 0. The van der Waals surface area contributed by atoms with Gasteiger partial charge in [-0.1, -0.05) is 0 Å². The zero-order chi connectivity index (χ0) is 10.6. The SMILES string of the molecule is O=C(C#CBr)N1CCC(O)C(CO)C1. The summed E-state index contributed by atoms with van der Waals surface area (Å²) in [5.41, 5.74) is 0. The molecule has 1 aliphatic heterocycles. The second kappa shape index (κ2) is 5.35. The predicted octanol–water partition coefficient (Wildman–Crippen LogP) is -0.456. The second-order valence-electron chi connectivity index (χ2n) is 3.27. The number of piperidine rings is 1. The van der Waals surface area contributed by atoms with Crippen LogP contribution in [0.15, 0.2) is 0 Å². The van der Waals surface area contributed by atoms with Crippen LogP contribution in [0.25, 0.3) is 0 Å². The predicted molar refractivity (Wildman–Crippen MR) is 54.5 cm³/mol. The van der Waals surface area contributed by atoms with Crippen molar-refractivity contribution in [3.8, 4) is 10.8 Å². The molecule has 1 fully saturated rings. The molecule has 0 aromatic rings. The van der Waals surface area contributed by atoms with Crippen molar-refractivity contribution >= 4 is 21.8 Å². The molecule has 1 aliphatic rings. The molecule has 0 aromatic carbocycles. The number of hydrogen-bond donors (Lipinski definition) is 2. The summed E-state index contributed by atoms with van der Waals surface area (Å²) in [6.07, 6.45) is -0.0121. The zero-order valence-electron chi connectivity index (χ0n) is 7.61. The smallest absolute Gasteiger partial charge is 0.299 e. The Morgan fingerprint density at radius 3 is 2.93 bits per heavy atom. The molecule has 14 heavy (non-hydrogen) atoms. The third-order valence-corrected chi connectivity index (χ3v) is 2.57. The van der Waals surface area contributed by atoms with E-state index in [1.54, 1.807) is 4.90 Å². The minimum Gasteiger partial charge on any atom is -0.396 e. The highest BCUT2D eigenvalue weighted by Gasteiger charge is 2.28. The van der Waals surface area contributed by atoms with Crippen molar-refractivity contribution in [2.24, 2.45) is 5.92 Å². The average molecular weight is 262 g/mol. The molecule has 0 bridgehead atoms. The van der Waals surface area contributed by atoms with Crippen LogP contribution in [0.4, 0.5) is 0 Å². The van der Waals surface area contributed by atoms with Crippen molar-refractivity contribution in [3.63, 3.8) is 0 Å². The molecule has 1 rings (SSSR count). The zero-order valence-corrected chi connectivity index (χ0v) is 9.20. The van der Waals surface area contributed by atoms with E-state index in [1.165, 1.54) is 0 Å². The molecule has 0 saturated carbocycles. The first-order valence-electron chi connectivity index (χ1n) is 4.38. The van der Waals surface area contributed by atoms with E-state index in [2.05, 4.69) is 26.7 Å². The fraction of sp³-hybridized carbons (Fsp3) is 0.667. The molecule has 1 amide bonds. The first kappa shape index (κ1) is 11.5. The summed E-state index contributed by atoms with van der Waals surface area (Å²) in [4.78, 5) is 15.2.